The van der Waals surface area contributed by atoms with E-state index in [0.717, 1.165) is 22.7 Å². The van der Waals surface area contributed by atoms with E-state index in [0.29, 0.717) is 28.9 Å². The molecule has 10 heteroatoms. The maximum atomic E-state index is 12.4. The molecule has 9 nitrogen and oxygen atoms in total. The van der Waals surface area contributed by atoms with Crippen molar-refractivity contribution in [2.75, 3.05) is 27.1 Å². The van der Waals surface area contributed by atoms with Crippen LogP contribution >= 0.6 is 11.8 Å². The number of methoxy groups -OCH3 is 3. The van der Waals surface area contributed by atoms with Gasteiger partial charge in [-0.05, 0) is 56.3 Å². The van der Waals surface area contributed by atoms with Crippen molar-refractivity contribution in [3.8, 4) is 28.6 Å². The van der Waals surface area contributed by atoms with Gasteiger partial charge in [-0.2, -0.15) is 5.10 Å². The van der Waals surface area contributed by atoms with Gasteiger partial charge in [0.05, 0.1) is 32.8 Å². The Hall–Kier alpha value is -3.53. The molecule has 3 rings (SSSR count). The van der Waals surface area contributed by atoms with Crippen molar-refractivity contribution < 1.29 is 19.0 Å². The Bertz CT molecular complexity index is 1130. The highest BCUT2D eigenvalue weighted by molar-refractivity contribution is 7.99. The van der Waals surface area contributed by atoms with E-state index in [4.69, 9.17) is 14.2 Å². The quantitative estimate of drug-likeness (QED) is 0.275. The summed E-state index contributed by atoms with van der Waals surface area (Å²) in [5.74, 6) is 2.66. The molecule has 0 radical (unpaired) electrons. The fourth-order valence-electron chi connectivity index (χ4n) is 3.07. The largest absolute Gasteiger partial charge is 0.497 e. The number of carbonyl (C=O) groups excluding carboxylic acids is 1. The van der Waals surface area contributed by atoms with Crippen LogP contribution < -0.4 is 19.6 Å². The molecule has 0 aliphatic heterocycles. The average molecular weight is 470 g/mol. The summed E-state index contributed by atoms with van der Waals surface area (Å²) >= 11 is 1.31. The maximum Gasteiger partial charge on any atom is 0.250 e. The summed E-state index contributed by atoms with van der Waals surface area (Å²) < 4.78 is 17.7. The van der Waals surface area contributed by atoms with E-state index in [9.17, 15) is 4.79 Å². The van der Waals surface area contributed by atoms with Gasteiger partial charge in [0.25, 0.3) is 5.91 Å². The van der Waals surface area contributed by atoms with E-state index in [1.165, 1.54) is 11.8 Å². The maximum absolute atomic E-state index is 12.4. The Morgan fingerprint density at radius 1 is 1.03 bits per heavy atom. The predicted molar refractivity (Wildman–Crippen MR) is 128 cm³/mol. The van der Waals surface area contributed by atoms with E-state index < -0.39 is 0 Å². The van der Waals surface area contributed by atoms with Crippen molar-refractivity contribution in [2.45, 2.75) is 25.5 Å². The monoisotopic (exact) mass is 469 g/mol. The van der Waals surface area contributed by atoms with Gasteiger partial charge in [-0.15, -0.1) is 10.2 Å². The van der Waals surface area contributed by atoms with Crippen molar-refractivity contribution in [3.63, 3.8) is 0 Å². The van der Waals surface area contributed by atoms with Gasteiger partial charge in [-0.3, -0.25) is 4.79 Å². The van der Waals surface area contributed by atoms with Crippen LogP contribution in [0.5, 0.6) is 17.2 Å². The van der Waals surface area contributed by atoms with E-state index in [1.807, 2.05) is 54.8 Å². The van der Waals surface area contributed by atoms with Crippen LogP contribution in [0, 0.1) is 0 Å². The third-order valence-corrected chi connectivity index (χ3v) is 5.83. The second-order valence-corrected chi connectivity index (χ2v) is 7.81. The first-order valence-corrected chi connectivity index (χ1v) is 11.2. The van der Waals surface area contributed by atoms with Gasteiger partial charge in [0.15, 0.2) is 22.5 Å². The number of nitrogens with one attached hydrogen (secondary N) is 1. The number of benzene rings is 2. The molecule has 0 saturated heterocycles. The predicted octanol–water partition coefficient (Wildman–Crippen LogP) is 3.62. The van der Waals surface area contributed by atoms with E-state index in [1.54, 1.807) is 27.4 Å². The molecule has 1 amide bonds. The molecule has 1 heterocycles. The summed E-state index contributed by atoms with van der Waals surface area (Å²) in [7, 11) is 4.78. The number of carbonyl (C=O) groups is 1. The van der Waals surface area contributed by atoms with Crippen molar-refractivity contribution in [2.24, 2.45) is 5.10 Å². The fraction of sp³-hybridized carbons (Fsp3) is 0.304. The molecule has 0 saturated carbocycles. The molecule has 33 heavy (non-hydrogen) atoms. The molecule has 1 N–H and O–H groups in total. The number of hydrogen-bond donors (Lipinski definition) is 1. The second-order valence-electron chi connectivity index (χ2n) is 6.87. The minimum atomic E-state index is -0.239. The van der Waals surface area contributed by atoms with E-state index in [-0.39, 0.29) is 11.7 Å². The third kappa shape index (κ3) is 5.83. The normalized spacial score (nSPS) is 11.2. The molecule has 0 aliphatic carbocycles. The molecule has 3 aromatic rings. The zero-order valence-electron chi connectivity index (χ0n) is 19.3. The van der Waals surface area contributed by atoms with Crippen LogP contribution in [0.25, 0.3) is 11.4 Å². The Balaban J connectivity index is 1.63. The molecular weight excluding hydrogens is 442 g/mol. The van der Waals surface area contributed by atoms with Crippen molar-refractivity contribution >= 4 is 23.4 Å². The highest BCUT2D eigenvalue weighted by Crippen LogP contribution is 2.28. The molecule has 0 unspecified atom stereocenters. The van der Waals surface area contributed by atoms with Crippen LogP contribution in [0.3, 0.4) is 0 Å². The first-order valence-electron chi connectivity index (χ1n) is 10.3. The summed E-state index contributed by atoms with van der Waals surface area (Å²) in [6.45, 7) is 4.50. The fourth-order valence-corrected chi connectivity index (χ4v) is 3.86. The Morgan fingerprint density at radius 2 is 1.76 bits per heavy atom. The standard InChI is InChI=1S/C23H27N5O4S/c1-6-28-22(16-7-10-18(30-3)11-8-16)26-27-23(28)33-14-21(29)25-24-15(2)17-9-12-19(31-4)20(13-17)32-5/h7-13H,6,14H2,1-5H3,(H,25,29)/b24-15-. The highest BCUT2D eigenvalue weighted by atomic mass is 32.2. The number of nitrogens with zero attached hydrogens (tertiary/aromatic N) is 4. The molecule has 0 fully saturated rings. The number of thioether (sulfide) groups is 1. The minimum Gasteiger partial charge on any atom is -0.497 e. The number of hydrogen-bond acceptors (Lipinski definition) is 8. The molecule has 0 aliphatic rings. The average Bonchev–Trinajstić information content (AvgIpc) is 3.28. The molecule has 2 aromatic carbocycles. The summed E-state index contributed by atoms with van der Waals surface area (Å²) in [4.78, 5) is 12.4. The smallest absolute Gasteiger partial charge is 0.250 e. The Morgan fingerprint density at radius 3 is 2.39 bits per heavy atom. The SMILES string of the molecule is CCn1c(SCC(=O)N/N=C(/C)c2ccc(OC)c(OC)c2)nnc1-c1ccc(OC)cc1. The highest BCUT2D eigenvalue weighted by Gasteiger charge is 2.15. The lowest BCUT2D eigenvalue weighted by Gasteiger charge is -2.09. The van der Waals surface area contributed by atoms with Crippen molar-refractivity contribution in [3.05, 3.63) is 48.0 Å². The lowest BCUT2D eigenvalue weighted by atomic mass is 10.1. The van der Waals surface area contributed by atoms with Gasteiger partial charge in [0.2, 0.25) is 0 Å². The zero-order chi connectivity index (χ0) is 23.8. The Labute approximate surface area is 197 Å². The van der Waals surface area contributed by atoms with E-state index >= 15 is 0 Å². The number of aromatic nitrogens is 3. The number of rotatable bonds is 10. The van der Waals surface area contributed by atoms with Gasteiger partial charge >= 0.3 is 0 Å². The molecule has 174 valence electrons. The Kier molecular flexibility index (Phi) is 8.31. The van der Waals surface area contributed by atoms with Crippen LogP contribution in [-0.2, 0) is 11.3 Å². The second kappa shape index (κ2) is 11.4. The topological polar surface area (TPSA) is 99.9 Å². The third-order valence-electron chi connectivity index (χ3n) is 4.86. The van der Waals surface area contributed by atoms with Crippen LogP contribution in [0.15, 0.2) is 52.7 Å². The summed E-state index contributed by atoms with van der Waals surface area (Å²) in [6.07, 6.45) is 0. The van der Waals surface area contributed by atoms with Gasteiger partial charge in [0, 0.05) is 17.7 Å². The van der Waals surface area contributed by atoms with E-state index in [2.05, 4.69) is 20.7 Å². The lowest BCUT2D eigenvalue weighted by Crippen LogP contribution is -2.21. The zero-order valence-corrected chi connectivity index (χ0v) is 20.1. The first kappa shape index (κ1) is 24.1. The molecule has 0 atom stereocenters. The van der Waals surface area contributed by atoms with Crippen LogP contribution in [0.4, 0.5) is 0 Å². The molecule has 1 aromatic heterocycles. The van der Waals surface area contributed by atoms with Crippen LogP contribution in [-0.4, -0.2) is 53.5 Å². The van der Waals surface area contributed by atoms with Gasteiger partial charge in [0.1, 0.15) is 5.75 Å². The number of amides is 1. The van der Waals surface area contributed by atoms with Crippen LogP contribution in [0.1, 0.15) is 19.4 Å². The lowest BCUT2D eigenvalue weighted by molar-refractivity contribution is -0.118. The van der Waals surface area contributed by atoms with Crippen LogP contribution in [0.2, 0.25) is 0 Å². The van der Waals surface area contributed by atoms with Gasteiger partial charge in [-0.1, -0.05) is 11.8 Å². The molecule has 0 bridgehead atoms. The summed E-state index contributed by atoms with van der Waals surface area (Å²) in [5, 5.41) is 13.4. The molecular formula is C23H27N5O4S. The summed E-state index contributed by atoms with van der Waals surface area (Å²) in [5.41, 5.74) is 4.98. The number of hydrazone groups is 1. The van der Waals surface area contributed by atoms with Gasteiger partial charge < -0.3 is 18.8 Å². The minimum absolute atomic E-state index is 0.156. The first-order chi connectivity index (χ1) is 16.0. The van der Waals surface area contributed by atoms with Crippen molar-refractivity contribution in [1.82, 2.24) is 20.2 Å². The van der Waals surface area contributed by atoms with Gasteiger partial charge in [-0.25, -0.2) is 5.43 Å². The summed E-state index contributed by atoms with van der Waals surface area (Å²) in [6, 6.07) is 13.1. The van der Waals surface area contributed by atoms with Crippen molar-refractivity contribution in [1.29, 1.82) is 0 Å². The number of ether oxygens (including phenoxy) is 3. The molecule has 0 spiro atoms.